The maximum atomic E-state index is 10.7. The topological polar surface area (TPSA) is 26.3 Å². The Morgan fingerprint density at radius 3 is 2.62 bits per heavy atom. The highest BCUT2D eigenvalue weighted by Crippen LogP contribution is 2.05. The molecule has 0 spiro atoms. The summed E-state index contributed by atoms with van der Waals surface area (Å²) in [5, 5.41) is 0. The van der Waals surface area contributed by atoms with Crippen molar-refractivity contribution in [1.82, 2.24) is 0 Å². The molecule has 0 heterocycles. The number of hydrogen-bond acceptors (Lipinski definition) is 2. The molecule has 0 fully saturated rings. The van der Waals surface area contributed by atoms with Crippen molar-refractivity contribution in [1.29, 1.82) is 0 Å². The van der Waals surface area contributed by atoms with E-state index in [0.29, 0.717) is 6.61 Å². The summed E-state index contributed by atoms with van der Waals surface area (Å²) in [7, 11) is 0. The zero-order chi connectivity index (χ0) is 10.1. The average molecular weight is 225 g/mol. The lowest BCUT2D eigenvalue weighted by atomic mass is 10.2. The number of carbonyl (C=O) groups excluding carboxylic acids is 1. The number of rotatable bonds is 7. The summed E-state index contributed by atoms with van der Waals surface area (Å²) in [6, 6.07) is 0. The van der Waals surface area contributed by atoms with Crippen molar-refractivity contribution >= 4 is 29.2 Å². The Morgan fingerprint density at radius 2 is 2.08 bits per heavy atom. The summed E-state index contributed by atoms with van der Waals surface area (Å²) >= 11 is 10.5. The fourth-order valence-electron chi connectivity index (χ4n) is 0.803. The quantitative estimate of drug-likeness (QED) is 0.288. The average Bonchev–Trinajstić information content (AvgIpc) is 2.10. The molecular formula is C9H14Cl2O2. The highest BCUT2D eigenvalue weighted by atomic mass is 35.5. The molecule has 0 saturated carbocycles. The summed E-state index contributed by atoms with van der Waals surface area (Å²) < 4.78 is 4.75. The van der Waals surface area contributed by atoms with Gasteiger partial charge in [0.2, 0.25) is 4.84 Å². The molecule has 2 nitrogen and oxygen atoms in total. The Labute approximate surface area is 88.9 Å². The molecule has 0 aliphatic heterocycles. The minimum atomic E-state index is -1.06. The summed E-state index contributed by atoms with van der Waals surface area (Å²) in [5.41, 5.74) is 0. The van der Waals surface area contributed by atoms with Gasteiger partial charge in [-0.15, -0.1) is 6.58 Å². The van der Waals surface area contributed by atoms with Crippen LogP contribution in [-0.4, -0.2) is 17.4 Å². The van der Waals surface area contributed by atoms with Crippen LogP contribution in [0.5, 0.6) is 0 Å². The first-order valence-corrected chi connectivity index (χ1v) is 5.11. The number of carbonyl (C=O) groups is 1. The third-order valence-corrected chi connectivity index (χ3v) is 1.83. The number of allylic oxidation sites excluding steroid dienone is 1. The molecule has 0 saturated heterocycles. The smallest absolute Gasteiger partial charge is 0.339 e. The summed E-state index contributed by atoms with van der Waals surface area (Å²) in [4.78, 5) is 9.67. The SMILES string of the molecule is C=CCCCCCOC(=O)C(Cl)Cl. The molecule has 0 amide bonds. The maximum absolute atomic E-state index is 10.7. The number of alkyl halides is 2. The first kappa shape index (κ1) is 12.8. The summed E-state index contributed by atoms with van der Waals surface area (Å²) in [6.45, 7) is 4.00. The van der Waals surface area contributed by atoms with Crippen LogP contribution in [0.4, 0.5) is 0 Å². The fourth-order valence-corrected chi connectivity index (χ4v) is 0.929. The molecule has 0 aromatic carbocycles. The van der Waals surface area contributed by atoms with Crippen LogP contribution < -0.4 is 0 Å². The van der Waals surface area contributed by atoms with Gasteiger partial charge in [-0.05, 0) is 25.7 Å². The van der Waals surface area contributed by atoms with Crippen LogP contribution in [0.15, 0.2) is 12.7 Å². The number of unbranched alkanes of at least 4 members (excludes halogenated alkanes) is 3. The van der Waals surface area contributed by atoms with Gasteiger partial charge in [0.15, 0.2) is 0 Å². The zero-order valence-electron chi connectivity index (χ0n) is 7.47. The summed E-state index contributed by atoms with van der Waals surface area (Å²) in [5.74, 6) is -0.563. The van der Waals surface area contributed by atoms with Crippen LogP contribution in [0.1, 0.15) is 25.7 Å². The van der Waals surface area contributed by atoms with Crippen molar-refractivity contribution in [2.24, 2.45) is 0 Å². The normalized spacial score (nSPS) is 10.1. The standard InChI is InChI=1S/C9H14Cl2O2/c1-2-3-4-5-6-7-13-9(12)8(10)11/h2,8H,1,3-7H2. The molecule has 0 radical (unpaired) electrons. The first-order valence-electron chi connectivity index (χ1n) is 4.24. The van der Waals surface area contributed by atoms with Gasteiger partial charge < -0.3 is 4.74 Å². The lowest BCUT2D eigenvalue weighted by Gasteiger charge is -2.03. The molecule has 13 heavy (non-hydrogen) atoms. The lowest BCUT2D eigenvalue weighted by Crippen LogP contribution is -2.12. The second kappa shape index (κ2) is 8.39. The van der Waals surface area contributed by atoms with Crippen LogP contribution in [0.2, 0.25) is 0 Å². The van der Waals surface area contributed by atoms with Crippen molar-refractivity contribution in [3.63, 3.8) is 0 Å². The second-order valence-electron chi connectivity index (χ2n) is 2.61. The third-order valence-electron chi connectivity index (χ3n) is 1.48. The minimum Gasteiger partial charge on any atom is -0.464 e. The van der Waals surface area contributed by atoms with Crippen LogP contribution in [0, 0.1) is 0 Å². The number of hydrogen-bond donors (Lipinski definition) is 0. The van der Waals surface area contributed by atoms with E-state index >= 15 is 0 Å². The summed E-state index contributed by atoms with van der Waals surface area (Å²) in [6.07, 6.45) is 5.82. The van der Waals surface area contributed by atoms with Crippen LogP contribution >= 0.6 is 23.2 Å². The number of esters is 1. The highest BCUT2D eigenvalue weighted by molar-refractivity contribution is 6.52. The zero-order valence-corrected chi connectivity index (χ0v) is 8.98. The van der Waals surface area contributed by atoms with Crippen LogP contribution in [-0.2, 0) is 9.53 Å². The van der Waals surface area contributed by atoms with Gasteiger partial charge in [-0.1, -0.05) is 29.3 Å². The van der Waals surface area contributed by atoms with E-state index in [2.05, 4.69) is 6.58 Å². The van der Waals surface area contributed by atoms with E-state index in [-0.39, 0.29) is 0 Å². The van der Waals surface area contributed by atoms with E-state index < -0.39 is 10.8 Å². The van der Waals surface area contributed by atoms with Crippen LogP contribution in [0.3, 0.4) is 0 Å². The van der Waals surface area contributed by atoms with Crippen molar-refractivity contribution in [2.45, 2.75) is 30.5 Å². The van der Waals surface area contributed by atoms with Crippen molar-refractivity contribution in [3.05, 3.63) is 12.7 Å². The Balaban J connectivity index is 3.16. The van der Waals surface area contributed by atoms with Gasteiger partial charge in [0, 0.05) is 0 Å². The van der Waals surface area contributed by atoms with Crippen molar-refractivity contribution in [2.75, 3.05) is 6.61 Å². The minimum absolute atomic E-state index is 0.395. The van der Waals surface area contributed by atoms with Crippen LogP contribution in [0.25, 0.3) is 0 Å². The Kier molecular flexibility index (Phi) is 8.26. The van der Waals surface area contributed by atoms with E-state index in [0.717, 1.165) is 25.7 Å². The molecule has 0 aromatic heterocycles. The van der Waals surface area contributed by atoms with Gasteiger partial charge in [-0.2, -0.15) is 0 Å². The van der Waals surface area contributed by atoms with E-state index in [1.54, 1.807) is 0 Å². The lowest BCUT2D eigenvalue weighted by molar-refractivity contribution is -0.141. The Bertz CT molecular complexity index is 158. The fraction of sp³-hybridized carbons (Fsp3) is 0.667. The monoisotopic (exact) mass is 224 g/mol. The molecule has 0 rings (SSSR count). The molecule has 0 aromatic rings. The predicted octanol–water partition coefficient (Wildman–Crippen LogP) is 3.08. The maximum Gasteiger partial charge on any atom is 0.339 e. The van der Waals surface area contributed by atoms with Crippen molar-refractivity contribution < 1.29 is 9.53 Å². The number of ether oxygens (including phenoxy) is 1. The molecule has 4 heteroatoms. The molecule has 0 aliphatic carbocycles. The van der Waals surface area contributed by atoms with Gasteiger partial charge in [0.1, 0.15) is 0 Å². The molecule has 76 valence electrons. The van der Waals surface area contributed by atoms with E-state index in [1.165, 1.54) is 0 Å². The molecule has 0 unspecified atom stereocenters. The van der Waals surface area contributed by atoms with Gasteiger partial charge in [-0.25, -0.2) is 4.79 Å². The number of halogens is 2. The Morgan fingerprint density at radius 1 is 1.38 bits per heavy atom. The highest BCUT2D eigenvalue weighted by Gasteiger charge is 2.11. The van der Waals surface area contributed by atoms with Crippen molar-refractivity contribution in [3.8, 4) is 0 Å². The molecule has 0 bridgehead atoms. The van der Waals surface area contributed by atoms with Gasteiger partial charge in [-0.3, -0.25) is 0 Å². The van der Waals surface area contributed by atoms with E-state index in [9.17, 15) is 4.79 Å². The largest absolute Gasteiger partial charge is 0.464 e. The second-order valence-corrected chi connectivity index (χ2v) is 3.70. The molecule has 0 N–H and O–H groups in total. The third kappa shape index (κ3) is 8.13. The first-order chi connectivity index (χ1) is 6.18. The van der Waals surface area contributed by atoms with Gasteiger partial charge in [0.25, 0.3) is 0 Å². The van der Waals surface area contributed by atoms with Gasteiger partial charge in [0.05, 0.1) is 6.61 Å². The molecule has 0 aliphatic rings. The predicted molar refractivity (Wildman–Crippen MR) is 55.1 cm³/mol. The van der Waals surface area contributed by atoms with E-state index in [4.69, 9.17) is 27.9 Å². The van der Waals surface area contributed by atoms with E-state index in [1.807, 2.05) is 6.08 Å². The van der Waals surface area contributed by atoms with Gasteiger partial charge >= 0.3 is 5.97 Å². The molecule has 0 atom stereocenters. The Hall–Kier alpha value is -0.210. The molecular weight excluding hydrogens is 211 g/mol.